The Balaban J connectivity index is 2.00. The monoisotopic (exact) mass is 237 g/mol. The maximum Gasteiger partial charge on any atom is 0.312 e. The Hall–Kier alpha value is -1.36. The summed E-state index contributed by atoms with van der Waals surface area (Å²) in [5.74, 6) is 0.906. The summed E-state index contributed by atoms with van der Waals surface area (Å²) in [6.45, 7) is 7.22. The molecular formula is C12H19N3O2. The normalized spacial score (nSPS) is 16.6. The summed E-state index contributed by atoms with van der Waals surface area (Å²) in [7, 11) is 1.44. The number of ether oxygens (including phenoxy) is 1. The number of carbonyl (C=O) groups is 1. The summed E-state index contributed by atoms with van der Waals surface area (Å²) >= 11 is 0. The van der Waals surface area contributed by atoms with Crippen LogP contribution in [0.15, 0.2) is 12.4 Å². The van der Waals surface area contributed by atoms with Crippen LogP contribution >= 0.6 is 0 Å². The number of rotatable bonds is 3. The molecule has 0 bridgehead atoms. The maximum atomic E-state index is 11.6. The van der Waals surface area contributed by atoms with E-state index in [9.17, 15) is 4.79 Å². The van der Waals surface area contributed by atoms with Crippen LogP contribution in [0, 0.1) is 5.41 Å². The molecule has 0 atom stereocenters. The third-order valence-corrected chi connectivity index (χ3v) is 3.18. The van der Waals surface area contributed by atoms with Crippen LogP contribution in [0.1, 0.15) is 19.7 Å². The summed E-state index contributed by atoms with van der Waals surface area (Å²) in [5, 5.41) is 0. The number of hydrogen-bond donors (Lipinski definition) is 0. The molecule has 0 spiro atoms. The Kier molecular flexibility index (Phi) is 3.19. The summed E-state index contributed by atoms with van der Waals surface area (Å²) < 4.78 is 6.98. The van der Waals surface area contributed by atoms with E-state index in [1.165, 1.54) is 7.11 Å². The Morgan fingerprint density at radius 1 is 1.53 bits per heavy atom. The molecule has 0 unspecified atom stereocenters. The highest BCUT2D eigenvalue weighted by molar-refractivity contribution is 5.76. The van der Waals surface area contributed by atoms with Crippen molar-refractivity contribution in [2.75, 3.05) is 20.2 Å². The fourth-order valence-electron chi connectivity index (χ4n) is 2.26. The van der Waals surface area contributed by atoms with Crippen molar-refractivity contribution < 1.29 is 9.53 Å². The van der Waals surface area contributed by atoms with Crippen LogP contribution in [0.2, 0.25) is 0 Å². The Morgan fingerprint density at radius 3 is 3.00 bits per heavy atom. The van der Waals surface area contributed by atoms with Crippen LogP contribution in [0.25, 0.3) is 0 Å². The Morgan fingerprint density at radius 2 is 2.29 bits per heavy atom. The molecule has 2 heterocycles. The average molecular weight is 237 g/mol. The van der Waals surface area contributed by atoms with Gasteiger partial charge in [0.15, 0.2) is 0 Å². The second-order valence-electron chi connectivity index (χ2n) is 5.12. The molecule has 2 rings (SSSR count). The number of nitrogens with zero attached hydrogens (tertiary/aromatic N) is 3. The minimum Gasteiger partial charge on any atom is -0.469 e. The first kappa shape index (κ1) is 12.1. The second-order valence-corrected chi connectivity index (χ2v) is 5.12. The molecule has 0 N–H and O–H groups in total. The lowest BCUT2D eigenvalue weighted by Gasteiger charge is -2.33. The molecule has 0 aliphatic carbocycles. The van der Waals surface area contributed by atoms with E-state index in [0.717, 1.165) is 25.5 Å². The van der Waals surface area contributed by atoms with E-state index in [1.807, 2.05) is 26.2 Å². The topological polar surface area (TPSA) is 47.4 Å². The van der Waals surface area contributed by atoms with E-state index < -0.39 is 5.41 Å². The van der Waals surface area contributed by atoms with E-state index >= 15 is 0 Å². The third-order valence-electron chi connectivity index (χ3n) is 3.18. The molecule has 0 radical (unpaired) electrons. The number of esters is 1. The van der Waals surface area contributed by atoms with Gasteiger partial charge >= 0.3 is 5.97 Å². The molecule has 0 saturated heterocycles. The number of imidazole rings is 1. The number of methoxy groups -OCH3 is 1. The van der Waals surface area contributed by atoms with Gasteiger partial charge in [0.05, 0.1) is 19.1 Å². The predicted octanol–water partition coefficient (Wildman–Crippen LogP) is 0.898. The molecule has 94 valence electrons. The van der Waals surface area contributed by atoms with Crippen LogP contribution in [0.3, 0.4) is 0 Å². The fraction of sp³-hybridized carbons (Fsp3) is 0.667. The van der Waals surface area contributed by atoms with Crippen LogP contribution < -0.4 is 0 Å². The summed E-state index contributed by atoms with van der Waals surface area (Å²) in [6.07, 6.45) is 3.82. The quantitative estimate of drug-likeness (QED) is 0.733. The summed E-state index contributed by atoms with van der Waals surface area (Å²) in [5.41, 5.74) is -0.469. The molecule has 0 aromatic carbocycles. The van der Waals surface area contributed by atoms with Gasteiger partial charge < -0.3 is 9.30 Å². The highest BCUT2D eigenvalue weighted by atomic mass is 16.5. The lowest BCUT2D eigenvalue weighted by atomic mass is 9.92. The summed E-state index contributed by atoms with van der Waals surface area (Å²) in [6, 6.07) is 0. The van der Waals surface area contributed by atoms with E-state index in [0.29, 0.717) is 6.54 Å². The number of aromatic nitrogens is 2. The second kappa shape index (κ2) is 4.49. The molecule has 0 fully saturated rings. The average Bonchev–Trinajstić information content (AvgIpc) is 2.74. The third kappa shape index (κ3) is 2.49. The zero-order valence-corrected chi connectivity index (χ0v) is 10.6. The van der Waals surface area contributed by atoms with Crippen molar-refractivity contribution in [2.45, 2.75) is 26.9 Å². The fourth-order valence-corrected chi connectivity index (χ4v) is 2.26. The van der Waals surface area contributed by atoms with Crippen molar-refractivity contribution >= 4 is 5.97 Å². The van der Waals surface area contributed by atoms with Crippen LogP contribution in [0.5, 0.6) is 0 Å². The van der Waals surface area contributed by atoms with Crippen LogP contribution in [0.4, 0.5) is 0 Å². The summed E-state index contributed by atoms with van der Waals surface area (Å²) in [4.78, 5) is 18.2. The number of fused-ring (bicyclic) bond motifs is 1. The molecule has 1 aliphatic rings. The SMILES string of the molecule is COC(=O)C(C)(C)CN1CCn2ccnc2C1. The Labute approximate surface area is 101 Å². The van der Waals surface area contributed by atoms with Gasteiger partial charge in [-0.15, -0.1) is 0 Å². The standard InChI is InChI=1S/C12H19N3O2/c1-12(2,11(16)17-3)9-14-6-7-15-5-4-13-10(15)8-14/h4-5H,6-9H2,1-3H3. The van der Waals surface area contributed by atoms with Gasteiger partial charge in [-0.3, -0.25) is 9.69 Å². The van der Waals surface area contributed by atoms with Gasteiger partial charge in [0.1, 0.15) is 5.82 Å². The number of carbonyl (C=O) groups excluding carboxylic acids is 1. The van der Waals surface area contributed by atoms with Crippen molar-refractivity contribution in [1.82, 2.24) is 14.5 Å². The molecular weight excluding hydrogens is 218 g/mol. The molecule has 17 heavy (non-hydrogen) atoms. The lowest BCUT2D eigenvalue weighted by molar-refractivity contribution is -0.152. The van der Waals surface area contributed by atoms with Gasteiger partial charge in [-0.05, 0) is 13.8 Å². The first-order valence-corrected chi connectivity index (χ1v) is 5.84. The van der Waals surface area contributed by atoms with Gasteiger partial charge in [0, 0.05) is 32.0 Å². The zero-order valence-electron chi connectivity index (χ0n) is 10.6. The molecule has 5 heteroatoms. The predicted molar refractivity (Wildman–Crippen MR) is 63.3 cm³/mol. The highest BCUT2D eigenvalue weighted by Crippen LogP contribution is 2.21. The van der Waals surface area contributed by atoms with Gasteiger partial charge in [0.2, 0.25) is 0 Å². The van der Waals surface area contributed by atoms with E-state index in [4.69, 9.17) is 4.74 Å². The van der Waals surface area contributed by atoms with Crippen molar-refractivity contribution in [3.05, 3.63) is 18.2 Å². The van der Waals surface area contributed by atoms with Crippen LogP contribution in [-0.4, -0.2) is 40.6 Å². The van der Waals surface area contributed by atoms with Gasteiger partial charge in [-0.2, -0.15) is 0 Å². The first-order chi connectivity index (χ1) is 8.03. The van der Waals surface area contributed by atoms with Crippen molar-refractivity contribution in [1.29, 1.82) is 0 Å². The smallest absolute Gasteiger partial charge is 0.312 e. The van der Waals surface area contributed by atoms with Gasteiger partial charge in [0.25, 0.3) is 0 Å². The minimum absolute atomic E-state index is 0.161. The molecule has 1 aromatic heterocycles. The number of hydrogen-bond acceptors (Lipinski definition) is 4. The first-order valence-electron chi connectivity index (χ1n) is 5.84. The molecule has 5 nitrogen and oxygen atoms in total. The van der Waals surface area contributed by atoms with E-state index in [-0.39, 0.29) is 5.97 Å². The maximum absolute atomic E-state index is 11.6. The molecule has 1 aromatic rings. The Bertz CT molecular complexity index is 412. The van der Waals surface area contributed by atoms with Crippen molar-refractivity contribution in [3.63, 3.8) is 0 Å². The lowest BCUT2D eigenvalue weighted by Crippen LogP contribution is -2.43. The highest BCUT2D eigenvalue weighted by Gasteiger charge is 2.32. The largest absolute Gasteiger partial charge is 0.469 e. The van der Waals surface area contributed by atoms with E-state index in [2.05, 4.69) is 14.5 Å². The van der Waals surface area contributed by atoms with Crippen molar-refractivity contribution in [2.24, 2.45) is 5.41 Å². The molecule has 1 aliphatic heterocycles. The van der Waals surface area contributed by atoms with Crippen LogP contribution in [-0.2, 0) is 22.6 Å². The minimum atomic E-state index is -0.469. The van der Waals surface area contributed by atoms with E-state index in [1.54, 1.807) is 0 Å². The van der Waals surface area contributed by atoms with Gasteiger partial charge in [-0.1, -0.05) is 0 Å². The molecule has 0 saturated carbocycles. The van der Waals surface area contributed by atoms with Gasteiger partial charge in [-0.25, -0.2) is 4.98 Å². The molecule has 0 amide bonds. The zero-order chi connectivity index (χ0) is 12.5. The van der Waals surface area contributed by atoms with Crippen molar-refractivity contribution in [3.8, 4) is 0 Å².